The highest BCUT2D eigenvalue weighted by Crippen LogP contribution is 2.22. The van der Waals surface area contributed by atoms with Crippen molar-refractivity contribution >= 4 is 17.3 Å². The largest absolute Gasteiger partial charge is 0.397 e. The van der Waals surface area contributed by atoms with Crippen LogP contribution in [0.5, 0.6) is 0 Å². The molecule has 0 atom stereocenters. The third kappa shape index (κ3) is 4.44. The first-order valence-corrected chi connectivity index (χ1v) is 6.42. The van der Waals surface area contributed by atoms with Crippen molar-refractivity contribution in [3.63, 3.8) is 0 Å². The summed E-state index contributed by atoms with van der Waals surface area (Å²) in [6.45, 7) is 7.07. The normalized spacial score (nSPS) is 11.2. The van der Waals surface area contributed by atoms with Crippen LogP contribution in [0, 0.1) is 5.41 Å². The molecule has 0 radical (unpaired) electrons. The molecule has 1 aromatic carbocycles. The Morgan fingerprint density at radius 1 is 1.42 bits per heavy atom. The Bertz CT molecular complexity index is 444. The van der Waals surface area contributed by atoms with Crippen LogP contribution in [0.2, 0.25) is 0 Å². The number of rotatable bonds is 6. The molecule has 5 nitrogen and oxygen atoms in total. The van der Waals surface area contributed by atoms with Gasteiger partial charge in [0.15, 0.2) is 0 Å². The molecule has 1 rings (SSSR count). The van der Waals surface area contributed by atoms with Gasteiger partial charge in [0.05, 0.1) is 11.4 Å². The number of nitrogen functional groups attached to an aromatic ring is 1. The molecule has 0 aliphatic carbocycles. The van der Waals surface area contributed by atoms with Crippen LogP contribution >= 0.6 is 0 Å². The molecule has 0 saturated carbocycles. The molecule has 0 heterocycles. The number of aliphatic hydroxyl groups excluding tert-OH is 1. The summed E-state index contributed by atoms with van der Waals surface area (Å²) in [5.41, 5.74) is 7.55. The Kier molecular flexibility index (Phi) is 5.18. The topological polar surface area (TPSA) is 87.4 Å². The lowest BCUT2D eigenvalue weighted by Crippen LogP contribution is -2.27. The maximum Gasteiger partial charge on any atom is 0.251 e. The lowest BCUT2D eigenvalue weighted by atomic mass is 9.95. The van der Waals surface area contributed by atoms with E-state index in [1.165, 1.54) is 0 Å². The van der Waals surface area contributed by atoms with Crippen LogP contribution in [0.1, 0.15) is 31.1 Å². The lowest BCUT2D eigenvalue weighted by Gasteiger charge is -2.23. The fourth-order valence-electron chi connectivity index (χ4n) is 1.52. The minimum atomic E-state index is -0.218. The van der Waals surface area contributed by atoms with Crippen molar-refractivity contribution in [1.82, 2.24) is 5.32 Å². The van der Waals surface area contributed by atoms with Crippen LogP contribution in [-0.2, 0) is 0 Å². The van der Waals surface area contributed by atoms with Crippen molar-refractivity contribution < 1.29 is 9.90 Å². The molecule has 19 heavy (non-hydrogen) atoms. The van der Waals surface area contributed by atoms with Crippen molar-refractivity contribution in [2.75, 3.05) is 30.7 Å². The third-order valence-electron chi connectivity index (χ3n) is 2.84. The maximum absolute atomic E-state index is 11.7. The third-order valence-corrected chi connectivity index (χ3v) is 2.84. The quantitative estimate of drug-likeness (QED) is 0.586. The summed E-state index contributed by atoms with van der Waals surface area (Å²) in [5.74, 6) is -0.128. The van der Waals surface area contributed by atoms with E-state index in [1.807, 2.05) is 20.8 Å². The number of nitrogens with one attached hydrogen (secondary N) is 2. The van der Waals surface area contributed by atoms with E-state index in [0.717, 1.165) is 5.69 Å². The van der Waals surface area contributed by atoms with Gasteiger partial charge in [-0.3, -0.25) is 4.79 Å². The van der Waals surface area contributed by atoms with Gasteiger partial charge < -0.3 is 21.5 Å². The molecule has 106 valence electrons. The van der Waals surface area contributed by atoms with E-state index in [9.17, 15) is 9.90 Å². The van der Waals surface area contributed by atoms with Gasteiger partial charge in [0.2, 0.25) is 0 Å². The lowest BCUT2D eigenvalue weighted by molar-refractivity contribution is 0.0956. The standard InChI is InChI=1S/C14H23N3O2/c1-4-16-13(19)10-5-6-12(11(15)7-10)17-8-14(2,3)9-18/h5-7,17-18H,4,8-9,15H2,1-3H3,(H,16,19). The number of carbonyl (C=O) groups is 1. The smallest absolute Gasteiger partial charge is 0.251 e. The Morgan fingerprint density at radius 2 is 2.11 bits per heavy atom. The number of anilines is 2. The van der Waals surface area contributed by atoms with E-state index in [1.54, 1.807) is 18.2 Å². The fraction of sp³-hybridized carbons (Fsp3) is 0.500. The average Bonchev–Trinajstić information content (AvgIpc) is 2.37. The van der Waals surface area contributed by atoms with Gasteiger partial charge in [-0.2, -0.15) is 0 Å². The summed E-state index contributed by atoms with van der Waals surface area (Å²) in [5, 5.41) is 15.1. The van der Waals surface area contributed by atoms with Crippen molar-refractivity contribution in [3.8, 4) is 0 Å². The summed E-state index contributed by atoms with van der Waals surface area (Å²) in [4.78, 5) is 11.7. The minimum absolute atomic E-state index is 0.0941. The number of aliphatic hydroxyl groups is 1. The van der Waals surface area contributed by atoms with Crippen LogP contribution in [0.4, 0.5) is 11.4 Å². The van der Waals surface area contributed by atoms with Crippen molar-refractivity contribution in [2.45, 2.75) is 20.8 Å². The molecule has 1 aromatic rings. The molecular weight excluding hydrogens is 242 g/mol. The highest BCUT2D eigenvalue weighted by Gasteiger charge is 2.16. The molecule has 0 unspecified atom stereocenters. The zero-order valence-corrected chi connectivity index (χ0v) is 11.8. The number of nitrogens with two attached hydrogens (primary N) is 1. The van der Waals surface area contributed by atoms with Crippen molar-refractivity contribution in [3.05, 3.63) is 23.8 Å². The monoisotopic (exact) mass is 265 g/mol. The second-order valence-corrected chi connectivity index (χ2v) is 5.34. The molecule has 0 aliphatic heterocycles. The number of hydrogen-bond acceptors (Lipinski definition) is 4. The second kappa shape index (κ2) is 6.43. The Balaban J connectivity index is 2.75. The summed E-state index contributed by atoms with van der Waals surface area (Å²) in [6, 6.07) is 5.17. The summed E-state index contributed by atoms with van der Waals surface area (Å²) in [7, 11) is 0. The molecule has 0 bridgehead atoms. The zero-order chi connectivity index (χ0) is 14.5. The first kappa shape index (κ1) is 15.3. The molecule has 0 saturated heterocycles. The van der Waals surface area contributed by atoms with Gasteiger partial charge in [-0.05, 0) is 25.1 Å². The van der Waals surface area contributed by atoms with E-state index < -0.39 is 0 Å². The zero-order valence-electron chi connectivity index (χ0n) is 11.8. The second-order valence-electron chi connectivity index (χ2n) is 5.34. The minimum Gasteiger partial charge on any atom is -0.397 e. The molecule has 1 amide bonds. The molecule has 0 aromatic heterocycles. The summed E-state index contributed by atoms with van der Waals surface area (Å²) >= 11 is 0. The van der Waals surface area contributed by atoms with Crippen molar-refractivity contribution in [2.24, 2.45) is 5.41 Å². The molecule has 0 aliphatic rings. The van der Waals surface area contributed by atoms with Crippen LogP contribution < -0.4 is 16.4 Å². The predicted molar refractivity (Wildman–Crippen MR) is 78.2 cm³/mol. The van der Waals surface area contributed by atoms with Gasteiger partial charge in [-0.1, -0.05) is 13.8 Å². The molecule has 5 heteroatoms. The number of hydrogen-bond donors (Lipinski definition) is 4. The summed E-state index contributed by atoms with van der Waals surface area (Å²) < 4.78 is 0. The van der Waals surface area contributed by atoms with Crippen LogP contribution in [-0.4, -0.2) is 30.7 Å². The van der Waals surface area contributed by atoms with Gasteiger partial charge in [0, 0.05) is 30.7 Å². The Labute approximate surface area is 114 Å². The van der Waals surface area contributed by atoms with Crippen molar-refractivity contribution in [1.29, 1.82) is 0 Å². The van der Waals surface area contributed by atoms with Crippen LogP contribution in [0.15, 0.2) is 18.2 Å². The van der Waals surface area contributed by atoms with Gasteiger partial charge in [0.25, 0.3) is 5.91 Å². The molecular formula is C14H23N3O2. The Morgan fingerprint density at radius 3 is 2.63 bits per heavy atom. The number of carbonyl (C=O) groups excluding carboxylic acids is 1. The van der Waals surface area contributed by atoms with Gasteiger partial charge in [0.1, 0.15) is 0 Å². The molecule has 5 N–H and O–H groups in total. The highest BCUT2D eigenvalue weighted by atomic mass is 16.3. The van der Waals surface area contributed by atoms with E-state index in [-0.39, 0.29) is 17.9 Å². The van der Waals surface area contributed by atoms with E-state index in [2.05, 4.69) is 10.6 Å². The van der Waals surface area contributed by atoms with E-state index in [4.69, 9.17) is 5.73 Å². The number of amides is 1. The average molecular weight is 265 g/mol. The van der Waals surface area contributed by atoms with Crippen LogP contribution in [0.25, 0.3) is 0 Å². The van der Waals surface area contributed by atoms with Gasteiger partial charge in [-0.15, -0.1) is 0 Å². The van der Waals surface area contributed by atoms with Crippen LogP contribution in [0.3, 0.4) is 0 Å². The summed E-state index contributed by atoms with van der Waals surface area (Å²) in [6.07, 6.45) is 0. The van der Waals surface area contributed by atoms with E-state index >= 15 is 0 Å². The molecule has 0 fully saturated rings. The maximum atomic E-state index is 11.7. The highest BCUT2D eigenvalue weighted by molar-refractivity contribution is 5.96. The van der Waals surface area contributed by atoms with E-state index in [0.29, 0.717) is 24.3 Å². The first-order chi connectivity index (χ1) is 8.89. The van der Waals surface area contributed by atoms with Gasteiger partial charge >= 0.3 is 0 Å². The first-order valence-electron chi connectivity index (χ1n) is 6.42. The Hall–Kier alpha value is -1.75. The fourth-order valence-corrected chi connectivity index (χ4v) is 1.52. The predicted octanol–water partition coefficient (Wildman–Crippen LogP) is 1.45. The number of benzene rings is 1. The SMILES string of the molecule is CCNC(=O)c1ccc(NCC(C)(C)CO)c(N)c1. The molecule has 0 spiro atoms. The van der Waals surface area contributed by atoms with Gasteiger partial charge in [-0.25, -0.2) is 0 Å².